The van der Waals surface area contributed by atoms with Gasteiger partial charge in [0.1, 0.15) is 5.75 Å². The minimum Gasteiger partial charge on any atom is -0.455 e. The van der Waals surface area contributed by atoms with Crippen LogP contribution >= 0.6 is 11.6 Å². The highest BCUT2D eigenvalue weighted by Gasteiger charge is 2.26. The molecule has 0 unspecified atom stereocenters. The molecule has 0 aliphatic carbocycles. The molecule has 3 aromatic carbocycles. The summed E-state index contributed by atoms with van der Waals surface area (Å²) in [5.74, 6) is 1.02. The zero-order valence-corrected chi connectivity index (χ0v) is 19.1. The third-order valence-electron chi connectivity index (χ3n) is 5.96. The Labute approximate surface area is 198 Å². The predicted molar refractivity (Wildman–Crippen MR) is 132 cm³/mol. The molecule has 5 rings (SSSR count). The van der Waals surface area contributed by atoms with Crippen molar-refractivity contribution in [3.05, 3.63) is 94.6 Å². The van der Waals surface area contributed by atoms with E-state index in [4.69, 9.17) is 21.3 Å². The molecule has 1 aromatic heterocycles. The topological polar surface area (TPSA) is 54.5 Å². The Morgan fingerprint density at radius 1 is 1.09 bits per heavy atom. The Bertz CT molecular complexity index is 1320. The van der Waals surface area contributed by atoms with Crippen LogP contribution in [0.15, 0.2) is 72.8 Å². The van der Waals surface area contributed by atoms with E-state index in [-0.39, 0.29) is 5.91 Å². The van der Waals surface area contributed by atoms with Crippen molar-refractivity contribution >= 4 is 34.1 Å². The number of hydrogen-bond acceptors (Lipinski definition) is 4. The fourth-order valence-corrected chi connectivity index (χ4v) is 4.44. The zero-order valence-electron chi connectivity index (χ0n) is 18.3. The molecule has 2 heterocycles. The highest BCUT2D eigenvalue weighted by atomic mass is 35.5. The minimum atomic E-state index is -0.192. The number of rotatable bonds is 5. The molecule has 1 aliphatic rings. The fraction of sp³-hybridized carbons (Fsp3) is 0.185. The maximum absolute atomic E-state index is 13.8. The standard InChI is InChI=1S/C27H24ClN3O2/c1-2-31-15-14-23-21(17-31)26(20-10-6-7-11-22(20)29-23)27(32)30-24-16-18(28)12-13-25(24)33-19-8-4-3-5-9-19/h3-13,16H,2,14-15,17H2,1H3,(H,30,32). The van der Waals surface area contributed by atoms with Crippen LogP contribution in [0.25, 0.3) is 10.9 Å². The number of benzene rings is 3. The summed E-state index contributed by atoms with van der Waals surface area (Å²) >= 11 is 6.27. The molecule has 0 bridgehead atoms. The number of likely N-dealkylation sites (N-methyl/N-ethyl adjacent to an activating group) is 1. The van der Waals surface area contributed by atoms with E-state index < -0.39 is 0 Å². The van der Waals surface area contributed by atoms with Crippen molar-refractivity contribution < 1.29 is 9.53 Å². The Kier molecular flexibility index (Phi) is 5.99. The molecule has 1 N–H and O–H groups in total. The van der Waals surface area contributed by atoms with Crippen molar-refractivity contribution in [3.63, 3.8) is 0 Å². The lowest BCUT2D eigenvalue weighted by Gasteiger charge is -2.29. The number of hydrogen-bond donors (Lipinski definition) is 1. The van der Waals surface area contributed by atoms with Crippen molar-refractivity contribution in [3.8, 4) is 11.5 Å². The molecule has 166 valence electrons. The smallest absolute Gasteiger partial charge is 0.256 e. The Morgan fingerprint density at radius 3 is 2.70 bits per heavy atom. The quantitative estimate of drug-likeness (QED) is 0.381. The van der Waals surface area contributed by atoms with Gasteiger partial charge in [0.25, 0.3) is 5.91 Å². The molecule has 0 radical (unpaired) electrons. The van der Waals surface area contributed by atoms with Gasteiger partial charge in [-0.15, -0.1) is 0 Å². The third-order valence-corrected chi connectivity index (χ3v) is 6.20. The fourth-order valence-electron chi connectivity index (χ4n) is 4.26. The van der Waals surface area contributed by atoms with E-state index in [0.717, 1.165) is 41.7 Å². The molecule has 1 amide bonds. The lowest BCUT2D eigenvalue weighted by Crippen LogP contribution is -2.33. The van der Waals surface area contributed by atoms with Crippen LogP contribution in [0.1, 0.15) is 28.5 Å². The Morgan fingerprint density at radius 2 is 1.88 bits per heavy atom. The minimum absolute atomic E-state index is 0.192. The van der Waals surface area contributed by atoms with Crippen molar-refractivity contribution in [2.75, 3.05) is 18.4 Å². The van der Waals surface area contributed by atoms with Crippen LogP contribution in [0.4, 0.5) is 5.69 Å². The number of amides is 1. The van der Waals surface area contributed by atoms with Gasteiger partial charge in [0.15, 0.2) is 5.75 Å². The van der Waals surface area contributed by atoms with E-state index in [2.05, 4.69) is 17.1 Å². The van der Waals surface area contributed by atoms with Gasteiger partial charge >= 0.3 is 0 Å². The molecule has 4 aromatic rings. The van der Waals surface area contributed by atoms with Crippen molar-refractivity contribution in [1.82, 2.24) is 9.88 Å². The maximum atomic E-state index is 13.8. The monoisotopic (exact) mass is 457 g/mol. The average molecular weight is 458 g/mol. The van der Waals surface area contributed by atoms with Gasteiger partial charge in [0.2, 0.25) is 0 Å². The summed E-state index contributed by atoms with van der Waals surface area (Å²) in [4.78, 5) is 21.0. The molecule has 6 heteroatoms. The number of aromatic nitrogens is 1. The first-order chi connectivity index (χ1) is 16.1. The van der Waals surface area contributed by atoms with Gasteiger partial charge in [-0.05, 0) is 42.9 Å². The van der Waals surface area contributed by atoms with Gasteiger partial charge in [0.05, 0.1) is 16.8 Å². The summed E-state index contributed by atoms with van der Waals surface area (Å²) < 4.78 is 6.04. The van der Waals surface area contributed by atoms with Gasteiger partial charge in [-0.25, -0.2) is 0 Å². The maximum Gasteiger partial charge on any atom is 0.256 e. The van der Waals surface area contributed by atoms with Crippen LogP contribution < -0.4 is 10.1 Å². The molecule has 0 atom stereocenters. The van der Waals surface area contributed by atoms with Crippen LogP contribution in [0.5, 0.6) is 11.5 Å². The van der Waals surface area contributed by atoms with Crippen LogP contribution in [0, 0.1) is 0 Å². The number of fused-ring (bicyclic) bond motifs is 2. The molecular formula is C27H24ClN3O2. The van der Waals surface area contributed by atoms with Crippen molar-refractivity contribution in [2.45, 2.75) is 19.9 Å². The number of carbonyl (C=O) groups is 1. The highest BCUT2D eigenvalue weighted by molar-refractivity contribution is 6.31. The number of ether oxygens (including phenoxy) is 1. The van der Waals surface area contributed by atoms with Gasteiger partial charge < -0.3 is 10.1 Å². The molecule has 33 heavy (non-hydrogen) atoms. The number of nitrogens with zero attached hydrogens (tertiary/aromatic N) is 2. The molecule has 0 saturated heterocycles. The lowest BCUT2D eigenvalue weighted by atomic mass is 9.95. The number of para-hydroxylation sites is 2. The molecule has 0 fully saturated rings. The summed E-state index contributed by atoms with van der Waals surface area (Å²) in [5.41, 5.74) is 4.01. The summed E-state index contributed by atoms with van der Waals surface area (Å²) in [6.07, 6.45) is 0.827. The van der Waals surface area contributed by atoms with Crippen LogP contribution in [0.2, 0.25) is 5.02 Å². The highest BCUT2D eigenvalue weighted by Crippen LogP contribution is 2.34. The molecule has 0 spiro atoms. The molecule has 5 nitrogen and oxygen atoms in total. The van der Waals surface area contributed by atoms with Crippen molar-refractivity contribution in [2.24, 2.45) is 0 Å². The van der Waals surface area contributed by atoms with E-state index in [0.29, 0.717) is 34.3 Å². The second-order valence-electron chi connectivity index (χ2n) is 8.06. The number of halogens is 1. The third kappa shape index (κ3) is 4.42. The first-order valence-electron chi connectivity index (χ1n) is 11.1. The summed E-state index contributed by atoms with van der Waals surface area (Å²) in [5, 5.41) is 4.43. The number of carbonyl (C=O) groups excluding carboxylic acids is 1. The zero-order chi connectivity index (χ0) is 22.8. The number of anilines is 1. The second-order valence-corrected chi connectivity index (χ2v) is 8.49. The van der Waals surface area contributed by atoms with Gasteiger partial charge in [-0.2, -0.15) is 0 Å². The van der Waals surface area contributed by atoms with Gasteiger partial charge in [0, 0.05) is 41.2 Å². The largest absolute Gasteiger partial charge is 0.455 e. The van der Waals surface area contributed by atoms with E-state index in [1.54, 1.807) is 18.2 Å². The Balaban J connectivity index is 1.56. The van der Waals surface area contributed by atoms with Crippen LogP contribution in [-0.2, 0) is 13.0 Å². The van der Waals surface area contributed by atoms with Gasteiger partial charge in [-0.1, -0.05) is 54.9 Å². The molecule has 0 saturated carbocycles. The van der Waals surface area contributed by atoms with E-state index in [1.165, 1.54) is 0 Å². The van der Waals surface area contributed by atoms with E-state index >= 15 is 0 Å². The second kappa shape index (κ2) is 9.22. The van der Waals surface area contributed by atoms with Crippen LogP contribution in [-0.4, -0.2) is 28.9 Å². The SMILES string of the molecule is CCN1CCc2nc3ccccc3c(C(=O)Nc3cc(Cl)ccc3Oc3ccccc3)c2C1. The first kappa shape index (κ1) is 21.4. The van der Waals surface area contributed by atoms with E-state index in [1.807, 2.05) is 54.6 Å². The van der Waals surface area contributed by atoms with Crippen LogP contribution in [0.3, 0.4) is 0 Å². The average Bonchev–Trinajstić information content (AvgIpc) is 2.84. The Hall–Kier alpha value is -3.41. The van der Waals surface area contributed by atoms with Gasteiger partial charge in [-0.3, -0.25) is 14.7 Å². The predicted octanol–water partition coefficient (Wildman–Crippen LogP) is 6.31. The summed E-state index contributed by atoms with van der Waals surface area (Å²) in [6.45, 7) is 4.71. The molecular weight excluding hydrogens is 434 g/mol. The normalized spacial score (nSPS) is 13.5. The molecule has 1 aliphatic heterocycles. The summed E-state index contributed by atoms with van der Waals surface area (Å²) in [6, 6.07) is 22.5. The van der Waals surface area contributed by atoms with Crippen molar-refractivity contribution in [1.29, 1.82) is 0 Å². The summed E-state index contributed by atoms with van der Waals surface area (Å²) in [7, 11) is 0. The number of nitrogens with one attached hydrogen (secondary N) is 1. The van der Waals surface area contributed by atoms with E-state index in [9.17, 15) is 4.79 Å². The lowest BCUT2D eigenvalue weighted by molar-refractivity contribution is 0.102. The number of pyridine rings is 1. The first-order valence-corrected chi connectivity index (χ1v) is 11.5.